The molecule has 1 aliphatic carbocycles. The number of carbonyl (C=O) groups is 2. The normalized spacial score (nSPS) is 20.9. The van der Waals surface area contributed by atoms with E-state index in [1.807, 2.05) is 30.3 Å². The van der Waals surface area contributed by atoms with Crippen molar-refractivity contribution in [2.24, 2.45) is 0 Å². The molecular weight excluding hydrogens is 334 g/mol. The van der Waals surface area contributed by atoms with Gasteiger partial charge in [-0.05, 0) is 18.1 Å². The Morgan fingerprint density at radius 2 is 1.88 bits per heavy atom. The Kier molecular flexibility index (Phi) is 4.84. The summed E-state index contributed by atoms with van der Waals surface area (Å²) in [5.74, 6) is -0.433. The summed E-state index contributed by atoms with van der Waals surface area (Å²) in [6, 6.07) is 14.5. The fraction of sp³-hybridized carbons (Fsp3) is 0.300. The van der Waals surface area contributed by atoms with Gasteiger partial charge in [0, 0.05) is 17.5 Å². The number of carboxylic acids is 1. The van der Waals surface area contributed by atoms with Crippen molar-refractivity contribution in [3.05, 3.63) is 59.7 Å². The minimum atomic E-state index is -1.24. The molecule has 6 heteroatoms. The predicted molar refractivity (Wildman–Crippen MR) is 95.6 cm³/mol. The number of rotatable bonds is 7. The summed E-state index contributed by atoms with van der Waals surface area (Å²) >= 11 is 0. The van der Waals surface area contributed by atoms with Crippen molar-refractivity contribution in [3.8, 4) is 11.5 Å². The molecule has 0 aliphatic heterocycles. The van der Waals surface area contributed by atoms with Crippen LogP contribution in [-0.4, -0.2) is 36.7 Å². The molecule has 3 rings (SSSR count). The van der Waals surface area contributed by atoms with Gasteiger partial charge >= 0.3 is 5.97 Å². The van der Waals surface area contributed by atoms with Gasteiger partial charge in [-0.2, -0.15) is 0 Å². The molecule has 0 spiro atoms. The van der Waals surface area contributed by atoms with Crippen LogP contribution >= 0.6 is 0 Å². The lowest BCUT2D eigenvalue weighted by atomic mass is 10.1. The molecule has 1 fully saturated rings. The molecule has 2 N–H and O–H groups in total. The van der Waals surface area contributed by atoms with E-state index in [0.29, 0.717) is 23.5 Å². The molecule has 136 valence electrons. The number of hydrogen-bond acceptors (Lipinski definition) is 4. The Morgan fingerprint density at radius 3 is 2.50 bits per heavy atom. The van der Waals surface area contributed by atoms with Crippen LogP contribution in [0.1, 0.15) is 23.5 Å². The van der Waals surface area contributed by atoms with E-state index < -0.39 is 11.5 Å². The maximum absolute atomic E-state index is 12.5. The van der Waals surface area contributed by atoms with Gasteiger partial charge in [-0.1, -0.05) is 36.4 Å². The van der Waals surface area contributed by atoms with Crippen molar-refractivity contribution >= 4 is 11.9 Å². The summed E-state index contributed by atoms with van der Waals surface area (Å²) in [6.45, 7) is 0. The van der Waals surface area contributed by atoms with Crippen LogP contribution in [0, 0.1) is 0 Å². The van der Waals surface area contributed by atoms with Crippen molar-refractivity contribution in [2.45, 2.75) is 24.3 Å². The number of amides is 1. The average Bonchev–Trinajstić information content (AvgIpc) is 3.38. The second kappa shape index (κ2) is 7.07. The second-order valence-electron chi connectivity index (χ2n) is 6.35. The maximum Gasteiger partial charge on any atom is 0.330 e. The van der Waals surface area contributed by atoms with E-state index >= 15 is 0 Å². The molecule has 0 aromatic heterocycles. The number of hydrogen-bond donors (Lipinski definition) is 2. The van der Waals surface area contributed by atoms with Gasteiger partial charge in [0.15, 0.2) is 0 Å². The molecule has 1 saturated carbocycles. The Hall–Kier alpha value is -3.02. The van der Waals surface area contributed by atoms with Crippen LogP contribution < -0.4 is 14.8 Å². The van der Waals surface area contributed by atoms with Crippen LogP contribution in [0.4, 0.5) is 0 Å². The van der Waals surface area contributed by atoms with Crippen molar-refractivity contribution in [1.82, 2.24) is 5.32 Å². The molecule has 2 aromatic carbocycles. The Balaban J connectivity index is 1.74. The highest BCUT2D eigenvalue weighted by Gasteiger charge is 2.62. The summed E-state index contributed by atoms with van der Waals surface area (Å²) < 4.78 is 10.4. The smallest absolute Gasteiger partial charge is 0.330 e. The first kappa shape index (κ1) is 17.8. The minimum absolute atomic E-state index is 0.0315. The molecule has 0 saturated heterocycles. The zero-order valence-corrected chi connectivity index (χ0v) is 14.7. The minimum Gasteiger partial charge on any atom is -0.497 e. The zero-order chi connectivity index (χ0) is 18.7. The Bertz CT molecular complexity index is 820. The quantitative estimate of drug-likeness (QED) is 0.796. The molecule has 1 aliphatic rings. The molecule has 2 unspecified atom stereocenters. The lowest BCUT2D eigenvalue weighted by molar-refractivity contribution is -0.143. The number of ether oxygens (including phenoxy) is 2. The number of carboxylic acid groups (broad SMARTS) is 1. The summed E-state index contributed by atoms with van der Waals surface area (Å²) in [5, 5.41) is 12.4. The SMILES string of the molecule is COc1ccc(CC(=O)NC2(C(=O)O)CC2c2ccccc2)c(OC)c1. The Labute approximate surface area is 151 Å². The summed E-state index contributed by atoms with van der Waals surface area (Å²) in [7, 11) is 3.07. The lowest BCUT2D eigenvalue weighted by Gasteiger charge is -2.16. The van der Waals surface area contributed by atoms with E-state index in [1.165, 1.54) is 7.11 Å². The summed E-state index contributed by atoms with van der Waals surface area (Å²) in [5.41, 5.74) is 0.346. The second-order valence-corrected chi connectivity index (χ2v) is 6.35. The summed E-state index contributed by atoms with van der Waals surface area (Å²) in [4.78, 5) is 24.3. The fourth-order valence-electron chi connectivity index (χ4n) is 3.24. The van der Waals surface area contributed by atoms with Gasteiger partial charge in [-0.3, -0.25) is 4.79 Å². The van der Waals surface area contributed by atoms with E-state index in [-0.39, 0.29) is 18.2 Å². The lowest BCUT2D eigenvalue weighted by Crippen LogP contribution is -2.45. The van der Waals surface area contributed by atoms with Crippen molar-refractivity contribution in [1.29, 1.82) is 0 Å². The Morgan fingerprint density at radius 1 is 1.15 bits per heavy atom. The van der Waals surface area contributed by atoms with Crippen LogP contribution in [-0.2, 0) is 16.0 Å². The third-order valence-corrected chi connectivity index (χ3v) is 4.75. The van der Waals surface area contributed by atoms with Gasteiger partial charge in [0.25, 0.3) is 0 Å². The van der Waals surface area contributed by atoms with Gasteiger partial charge in [0.05, 0.1) is 20.6 Å². The van der Waals surface area contributed by atoms with Crippen LogP contribution in [0.3, 0.4) is 0 Å². The number of aliphatic carboxylic acids is 1. The van der Waals surface area contributed by atoms with Crippen molar-refractivity contribution in [3.63, 3.8) is 0 Å². The van der Waals surface area contributed by atoms with Crippen LogP contribution in [0.5, 0.6) is 11.5 Å². The van der Waals surface area contributed by atoms with E-state index in [4.69, 9.17) is 9.47 Å². The average molecular weight is 355 g/mol. The number of methoxy groups -OCH3 is 2. The van der Waals surface area contributed by atoms with E-state index in [2.05, 4.69) is 5.32 Å². The van der Waals surface area contributed by atoms with Crippen molar-refractivity contribution < 1.29 is 24.2 Å². The topological polar surface area (TPSA) is 84.9 Å². The van der Waals surface area contributed by atoms with Crippen LogP contribution in [0.25, 0.3) is 0 Å². The maximum atomic E-state index is 12.5. The van der Waals surface area contributed by atoms with Crippen LogP contribution in [0.15, 0.2) is 48.5 Å². The van der Waals surface area contributed by atoms with Gasteiger partial charge in [-0.25, -0.2) is 4.79 Å². The highest BCUT2D eigenvalue weighted by atomic mass is 16.5. The van der Waals surface area contributed by atoms with E-state index in [0.717, 1.165) is 5.56 Å². The standard InChI is InChI=1S/C20H21NO5/c1-25-15-9-8-14(17(11-15)26-2)10-18(22)21-20(19(23)24)12-16(20)13-6-4-3-5-7-13/h3-9,11,16H,10,12H2,1-2H3,(H,21,22)(H,23,24). The van der Waals surface area contributed by atoms with E-state index in [1.54, 1.807) is 25.3 Å². The number of carbonyl (C=O) groups excluding carboxylic acids is 1. The first-order chi connectivity index (χ1) is 12.5. The first-order valence-corrected chi connectivity index (χ1v) is 8.30. The zero-order valence-electron chi connectivity index (χ0n) is 14.7. The molecule has 2 atom stereocenters. The third kappa shape index (κ3) is 3.35. The molecule has 0 heterocycles. The highest BCUT2D eigenvalue weighted by molar-refractivity contribution is 5.92. The molecular formula is C20H21NO5. The van der Waals surface area contributed by atoms with Crippen LogP contribution in [0.2, 0.25) is 0 Å². The van der Waals surface area contributed by atoms with Gasteiger partial charge in [-0.15, -0.1) is 0 Å². The van der Waals surface area contributed by atoms with Gasteiger partial charge in [0.2, 0.25) is 5.91 Å². The first-order valence-electron chi connectivity index (χ1n) is 8.30. The molecule has 1 amide bonds. The molecule has 2 aromatic rings. The number of nitrogens with one attached hydrogen (secondary N) is 1. The molecule has 6 nitrogen and oxygen atoms in total. The van der Waals surface area contributed by atoms with E-state index in [9.17, 15) is 14.7 Å². The van der Waals surface area contributed by atoms with Crippen molar-refractivity contribution in [2.75, 3.05) is 14.2 Å². The van der Waals surface area contributed by atoms with Gasteiger partial charge in [0.1, 0.15) is 17.0 Å². The third-order valence-electron chi connectivity index (χ3n) is 4.75. The fourth-order valence-corrected chi connectivity index (χ4v) is 3.24. The predicted octanol–water partition coefficient (Wildman–Crippen LogP) is 2.37. The molecule has 0 bridgehead atoms. The molecule has 26 heavy (non-hydrogen) atoms. The largest absolute Gasteiger partial charge is 0.497 e. The van der Waals surface area contributed by atoms with Gasteiger partial charge < -0.3 is 19.9 Å². The summed E-state index contributed by atoms with van der Waals surface area (Å²) in [6.07, 6.45) is 0.418. The monoisotopic (exact) mass is 355 g/mol. The molecule has 0 radical (unpaired) electrons. The highest BCUT2D eigenvalue weighted by Crippen LogP contribution is 2.51. The number of benzene rings is 2.